The van der Waals surface area contributed by atoms with Gasteiger partial charge >= 0.3 is 0 Å². The monoisotopic (exact) mass is 308 g/mol. The summed E-state index contributed by atoms with van der Waals surface area (Å²) >= 11 is 0. The Balaban J connectivity index is 1.55. The molecule has 0 bridgehead atoms. The third kappa shape index (κ3) is 2.46. The molecule has 0 unspecified atom stereocenters. The molecule has 4 rings (SSSR count). The fraction of sp³-hybridized carbons (Fsp3) is 0.389. The zero-order chi connectivity index (χ0) is 15.8. The normalized spacial score (nSPS) is 23.2. The van der Waals surface area contributed by atoms with Gasteiger partial charge in [-0.25, -0.2) is 9.97 Å². The molecule has 0 aliphatic carbocycles. The van der Waals surface area contributed by atoms with Crippen molar-refractivity contribution in [3.8, 4) is 0 Å². The van der Waals surface area contributed by atoms with Crippen molar-refractivity contribution in [1.82, 2.24) is 14.9 Å². The fourth-order valence-corrected chi connectivity index (χ4v) is 3.87. The van der Waals surface area contributed by atoms with Gasteiger partial charge in [0.1, 0.15) is 0 Å². The lowest BCUT2D eigenvalue weighted by Gasteiger charge is -2.25. The zero-order valence-electron chi connectivity index (χ0n) is 13.2. The molecule has 2 saturated heterocycles. The molecule has 2 aliphatic rings. The van der Waals surface area contributed by atoms with Crippen LogP contribution in [0.15, 0.2) is 42.7 Å². The van der Waals surface area contributed by atoms with Crippen molar-refractivity contribution >= 4 is 11.9 Å². The summed E-state index contributed by atoms with van der Waals surface area (Å²) in [5.41, 5.74) is 1.91. The number of carbonyl (C=O) groups is 1. The largest absolute Gasteiger partial charge is 0.336 e. The Morgan fingerprint density at radius 1 is 1.09 bits per heavy atom. The van der Waals surface area contributed by atoms with Crippen LogP contribution in [-0.2, 0) is 0 Å². The summed E-state index contributed by atoms with van der Waals surface area (Å²) in [6.07, 6.45) is 5.53. The van der Waals surface area contributed by atoms with E-state index in [1.807, 2.05) is 42.2 Å². The van der Waals surface area contributed by atoms with Crippen LogP contribution in [0.2, 0.25) is 0 Å². The summed E-state index contributed by atoms with van der Waals surface area (Å²) in [7, 11) is 0. The summed E-state index contributed by atoms with van der Waals surface area (Å²) in [5, 5.41) is 0. The summed E-state index contributed by atoms with van der Waals surface area (Å²) in [6.45, 7) is 3.75. The maximum atomic E-state index is 12.9. The van der Waals surface area contributed by atoms with Crippen molar-refractivity contribution in [2.75, 3.05) is 18.0 Å². The number of fused-ring (bicyclic) bond motifs is 1. The minimum absolute atomic E-state index is 0.150. The van der Waals surface area contributed by atoms with Crippen LogP contribution in [-0.4, -0.2) is 45.9 Å². The molecular formula is C18H20N4O. The van der Waals surface area contributed by atoms with E-state index >= 15 is 0 Å². The first-order valence-corrected chi connectivity index (χ1v) is 8.15. The molecule has 5 nitrogen and oxygen atoms in total. The molecule has 1 amide bonds. The highest BCUT2D eigenvalue weighted by Crippen LogP contribution is 2.34. The second kappa shape index (κ2) is 5.65. The quantitative estimate of drug-likeness (QED) is 0.854. The Labute approximate surface area is 136 Å². The van der Waals surface area contributed by atoms with Crippen LogP contribution in [0.1, 0.15) is 28.8 Å². The second-order valence-electron chi connectivity index (χ2n) is 6.32. The van der Waals surface area contributed by atoms with Crippen LogP contribution in [0.4, 0.5) is 5.95 Å². The number of rotatable bonds is 2. The molecule has 0 saturated carbocycles. The first-order valence-electron chi connectivity index (χ1n) is 8.15. The highest BCUT2D eigenvalue weighted by Gasteiger charge is 2.45. The topological polar surface area (TPSA) is 49.3 Å². The molecule has 2 atom stereocenters. The average molecular weight is 308 g/mol. The molecule has 2 fully saturated rings. The van der Waals surface area contributed by atoms with E-state index in [4.69, 9.17) is 0 Å². The predicted octanol–water partition coefficient (Wildman–Crippen LogP) is 2.28. The number of hydrogen-bond donors (Lipinski definition) is 0. The van der Waals surface area contributed by atoms with Crippen molar-refractivity contribution in [2.24, 2.45) is 0 Å². The van der Waals surface area contributed by atoms with E-state index in [1.165, 1.54) is 0 Å². The van der Waals surface area contributed by atoms with Gasteiger partial charge in [-0.1, -0.05) is 17.7 Å². The predicted molar refractivity (Wildman–Crippen MR) is 88.4 cm³/mol. The SMILES string of the molecule is Cc1cccc(C(=O)N2CC[C@@H]3[C@@H]2CCN3c2ncccn2)c1. The number of aromatic nitrogens is 2. The van der Waals surface area contributed by atoms with Gasteiger partial charge in [0.05, 0.1) is 12.1 Å². The number of carbonyl (C=O) groups excluding carboxylic acids is 1. The van der Waals surface area contributed by atoms with Crippen LogP contribution >= 0.6 is 0 Å². The van der Waals surface area contributed by atoms with Gasteiger partial charge in [0, 0.05) is 31.0 Å². The Kier molecular flexibility index (Phi) is 3.48. The van der Waals surface area contributed by atoms with Crippen molar-refractivity contribution in [2.45, 2.75) is 31.8 Å². The molecule has 0 radical (unpaired) electrons. The number of nitrogens with zero attached hydrogens (tertiary/aromatic N) is 4. The lowest BCUT2D eigenvalue weighted by molar-refractivity contribution is 0.0737. The number of aryl methyl sites for hydroxylation is 1. The molecule has 23 heavy (non-hydrogen) atoms. The number of anilines is 1. The Bertz CT molecular complexity index is 718. The van der Waals surface area contributed by atoms with Gasteiger partial charge in [-0.05, 0) is 38.0 Å². The summed E-state index contributed by atoms with van der Waals surface area (Å²) in [6, 6.07) is 10.3. The Morgan fingerprint density at radius 3 is 2.65 bits per heavy atom. The number of benzene rings is 1. The van der Waals surface area contributed by atoms with Crippen LogP contribution < -0.4 is 4.90 Å². The van der Waals surface area contributed by atoms with Crippen molar-refractivity contribution < 1.29 is 4.79 Å². The second-order valence-corrected chi connectivity index (χ2v) is 6.32. The van der Waals surface area contributed by atoms with Gasteiger partial charge in [0.2, 0.25) is 5.95 Å². The summed E-state index contributed by atoms with van der Waals surface area (Å²) in [4.78, 5) is 25.9. The Hall–Kier alpha value is -2.43. The standard InChI is InChI=1S/C18H20N4O/c1-13-4-2-5-14(12-13)17(23)21-10-6-16-15(21)7-11-22(16)18-19-8-3-9-20-18/h2-5,8-9,12,15-16H,6-7,10-11H2,1H3/t15-,16+/m0/s1. The van der Waals surface area contributed by atoms with Gasteiger partial charge in [0.25, 0.3) is 5.91 Å². The third-order valence-electron chi connectivity index (χ3n) is 4.91. The maximum Gasteiger partial charge on any atom is 0.254 e. The minimum atomic E-state index is 0.150. The van der Waals surface area contributed by atoms with E-state index in [-0.39, 0.29) is 11.9 Å². The van der Waals surface area contributed by atoms with E-state index in [1.54, 1.807) is 12.4 Å². The minimum Gasteiger partial charge on any atom is -0.336 e. The zero-order valence-corrected chi connectivity index (χ0v) is 13.2. The number of likely N-dealkylation sites (tertiary alicyclic amines) is 1. The van der Waals surface area contributed by atoms with Crippen molar-refractivity contribution in [3.63, 3.8) is 0 Å². The van der Waals surface area contributed by atoms with Gasteiger partial charge in [-0.3, -0.25) is 4.79 Å². The molecule has 3 heterocycles. The van der Waals surface area contributed by atoms with Crippen LogP contribution in [0.5, 0.6) is 0 Å². The molecule has 118 valence electrons. The molecule has 2 aromatic rings. The number of hydrogen-bond acceptors (Lipinski definition) is 4. The average Bonchev–Trinajstić information content (AvgIpc) is 3.16. The fourth-order valence-electron chi connectivity index (χ4n) is 3.87. The molecule has 1 aromatic heterocycles. The molecule has 1 aromatic carbocycles. The smallest absolute Gasteiger partial charge is 0.254 e. The van der Waals surface area contributed by atoms with E-state index < -0.39 is 0 Å². The van der Waals surface area contributed by atoms with Crippen molar-refractivity contribution in [1.29, 1.82) is 0 Å². The first-order chi connectivity index (χ1) is 11.2. The van der Waals surface area contributed by atoms with E-state index in [2.05, 4.69) is 14.9 Å². The van der Waals surface area contributed by atoms with Crippen molar-refractivity contribution in [3.05, 3.63) is 53.9 Å². The summed E-state index contributed by atoms with van der Waals surface area (Å²) < 4.78 is 0. The van der Waals surface area contributed by atoms with E-state index in [0.29, 0.717) is 6.04 Å². The van der Waals surface area contributed by atoms with Crippen LogP contribution in [0, 0.1) is 6.92 Å². The van der Waals surface area contributed by atoms with Crippen LogP contribution in [0.25, 0.3) is 0 Å². The maximum absolute atomic E-state index is 12.9. The molecule has 0 spiro atoms. The van der Waals surface area contributed by atoms with Gasteiger partial charge < -0.3 is 9.80 Å². The molecule has 0 N–H and O–H groups in total. The Morgan fingerprint density at radius 2 is 1.87 bits per heavy atom. The lowest BCUT2D eigenvalue weighted by Crippen LogP contribution is -2.40. The van der Waals surface area contributed by atoms with Gasteiger partial charge in [0.15, 0.2) is 0 Å². The molecule has 2 aliphatic heterocycles. The van der Waals surface area contributed by atoms with E-state index in [0.717, 1.165) is 43.0 Å². The van der Waals surface area contributed by atoms with Gasteiger partial charge in [-0.2, -0.15) is 0 Å². The molecule has 5 heteroatoms. The van der Waals surface area contributed by atoms with E-state index in [9.17, 15) is 4.79 Å². The lowest BCUT2D eigenvalue weighted by atomic mass is 10.1. The third-order valence-corrected chi connectivity index (χ3v) is 4.91. The number of amides is 1. The highest BCUT2D eigenvalue weighted by atomic mass is 16.2. The van der Waals surface area contributed by atoms with Crippen LogP contribution in [0.3, 0.4) is 0 Å². The summed E-state index contributed by atoms with van der Waals surface area (Å²) in [5.74, 6) is 0.932. The first kappa shape index (κ1) is 14.2. The van der Waals surface area contributed by atoms with Gasteiger partial charge in [-0.15, -0.1) is 0 Å². The highest BCUT2D eigenvalue weighted by molar-refractivity contribution is 5.95. The molecular weight excluding hydrogens is 288 g/mol.